The molecule has 0 spiro atoms. The van der Waals surface area contributed by atoms with Crippen LogP contribution in [-0.2, 0) is 9.59 Å². The molecule has 1 saturated heterocycles. The number of piperidine rings is 1. The molecule has 4 rings (SSSR count). The van der Waals surface area contributed by atoms with Gasteiger partial charge in [-0.1, -0.05) is 18.2 Å². The highest BCUT2D eigenvalue weighted by Gasteiger charge is 2.31. The van der Waals surface area contributed by atoms with Gasteiger partial charge in [0, 0.05) is 54.5 Å². The Morgan fingerprint density at radius 1 is 1.12 bits per heavy atom. The molecule has 7 nitrogen and oxygen atoms in total. The van der Waals surface area contributed by atoms with Crippen LogP contribution >= 0.6 is 0 Å². The van der Waals surface area contributed by atoms with E-state index in [1.54, 1.807) is 11.1 Å². The Morgan fingerprint density at radius 3 is 2.62 bits per heavy atom. The number of aromatic nitrogens is 1. The number of hydrogen-bond donors (Lipinski definition) is 2. The number of para-hydroxylation sites is 1. The zero-order valence-corrected chi connectivity index (χ0v) is 14.3. The van der Waals surface area contributed by atoms with Gasteiger partial charge in [0.25, 0.3) is 5.91 Å². The molecule has 0 bridgehead atoms. The number of likely N-dealkylation sites (tertiary alicyclic amines) is 1. The first-order valence-electron chi connectivity index (χ1n) is 8.88. The molecular formula is C19H20N4O3. The number of aromatic amines is 1. The largest absolute Gasteiger partial charge is 0.360 e. The number of amides is 2. The number of rotatable bonds is 3. The quantitative estimate of drug-likeness (QED) is 0.826. The standard InChI is InChI=1S/C19H20N4O3/c24-17-6-5-16(21-22-17)19(26)23-9-7-12(8-10-23)18(25)14-11-20-15-4-2-1-3-13(14)15/h1-4,11-12,20H,5-10H2,(H,22,24). The van der Waals surface area contributed by atoms with Gasteiger partial charge in [0.1, 0.15) is 5.71 Å². The van der Waals surface area contributed by atoms with E-state index in [1.807, 2.05) is 24.3 Å². The molecule has 0 unspecified atom stereocenters. The van der Waals surface area contributed by atoms with Crippen LogP contribution in [0.4, 0.5) is 0 Å². The number of nitrogens with one attached hydrogen (secondary N) is 2. The lowest BCUT2D eigenvalue weighted by Gasteiger charge is -2.31. The van der Waals surface area contributed by atoms with Gasteiger partial charge in [0.15, 0.2) is 5.78 Å². The number of benzene rings is 1. The van der Waals surface area contributed by atoms with Crippen LogP contribution in [0.2, 0.25) is 0 Å². The van der Waals surface area contributed by atoms with Crippen molar-refractivity contribution in [1.29, 1.82) is 0 Å². The van der Waals surface area contributed by atoms with E-state index >= 15 is 0 Å². The summed E-state index contributed by atoms with van der Waals surface area (Å²) in [6.07, 6.45) is 3.73. The van der Waals surface area contributed by atoms with Crippen molar-refractivity contribution >= 4 is 34.2 Å². The fraction of sp³-hybridized carbons (Fsp3) is 0.368. The third-order valence-electron chi connectivity index (χ3n) is 5.16. The summed E-state index contributed by atoms with van der Waals surface area (Å²) in [6.45, 7) is 1.06. The molecule has 2 amide bonds. The molecule has 1 fully saturated rings. The maximum Gasteiger partial charge on any atom is 0.270 e. The number of H-pyrrole nitrogens is 1. The van der Waals surface area contributed by atoms with Crippen LogP contribution in [0.3, 0.4) is 0 Å². The Hall–Kier alpha value is -2.96. The summed E-state index contributed by atoms with van der Waals surface area (Å²) >= 11 is 0. The molecule has 2 aliphatic heterocycles. The normalized spacial score (nSPS) is 18.5. The molecule has 1 aromatic heterocycles. The van der Waals surface area contributed by atoms with Gasteiger partial charge in [-0.2, -0.15) is 5.10 Å². The molecule has 2 aliphatic rings. The van der Waals surface area contributed by atoms with Crippen LogP contribution in [0, 0.1) is 5.92 Å². The van der Waals surface area contributed by atoms with Gasteiger partial charge in [-0.25, -0.2) is 5.43 Å². The van der Waals surface area contributed by atoms with Crippen LogP contribution in [0.15, 0.2) is 35.6 Å². The zero-order chi connectivity index (χ0) is 18.1. The lowest BCUT2D eigenvalue weighted by atomic mass is 9.88. The van der Waals surface area contributed by atoms with E-state index in [0.717, 1.165) is 16.5 Å². The Labute approximate surface area is 150 Å². The number of Topliss-reactive ketones (excluding diaryl/α,β-unsaturated/α-hetero) is 1. The Bertz CT molecular complexity index is 906. The van der Waals surface area contributed by atoms with Gasteiger partial charge in [0.05, 0.1) is 0 Å². The highest BCUT2D eigenvalue weighted by atomic mass is 16.2. The SMILES string of the molecule is O=C1CCC(C(=O)N2CCC(C(=O)c3c[nH]c4ccccc34)CC2)=NN1. The van der Waals surface area contributed by atoms with E-state index in [0.29, 0.717) is 44.5 Å². The minimum Gasteiger partial charge on any atom is -0.360 e. The van der Waals surface area contributed by atoms with Gasteiger partial charge in [-0.05, 0) is 18.9 Å². The van der Waals surface area contributed by atoms with Crippen LogP contribution in [0.1, 0.15) is 36.0 Å². The molecule has 2 N–H and O–H groups in total. The predicted octanol–water partition coefficient (Wildman–Crippen LogP) is 1.86. The molecule has 0 aliphatic carbocycles. The lowest BCUT2D eigenvalue weighted by molar-refractivity contribution is -0.125. The van der Waals surface area contributed by atoms with Gasteiger partial charge in [-0.15, -0.1) is 0 Å². The highest BCUT2D eigenvalue weighted by Crippen LogP contribution is 2.26. The summed E-state index contributed by atoms with van der Waals surface area (Å²) in [6, 6.07) is 7.77. The van der Waals surface area contributed by atoms with Crippen molar-refractivity contribution in [3.05, 3.63) is 36.0 Å². The second kappa shape index (κ2) is 6.74. The van der Waals surface area contributed by atoms with Crippen molar-refractivity contribution in [1.82, 2.24) is 15.3 Å². The first-order chi connectivity index (χ1) is 12.6. The molecular weight excluding hydrogens is 332 g/mol. The molecule has 0 atom stereocenters. The number of hydrogen-bond acceptors (Lipinski definition) is 4. The summed E-state index contributed by atoms with van der Waals surface area (Å²) in [5, 5.41) is 4.82. The van der Waals surface area contributed by atoms with Gasteiger partial charge < -0.3 is 9.88 Å². The van der Waals surface area contributed by atoms with E-state index < -0.39 is 0 Å². The van der Waals surface area contributed by atoms with Crippen molar-refractivity contribution < 1.29 is 14.4 Å². The van der Waals surface area contributed by atoms with E-state index in [1.165, 1.54) is 0 Å². The second-order valence-electron chi connectivity index (χ2n) is 6.77. The van der Waals surface area contributed by atoms with E-state index in [2.05, 4.69) is 15.5 Å². The highest BCUT2D eigenvalue weighted by molar-refractivity contribution is 6.39. The zero-order valence-electron chi connectivity index (χ0n) is 14.3. The summed E-state index contributed by atoms with van der Waals surface area (Å²) in [7, 11) is 0. The summed E-state index contributed by atoms with van der Waals surface area (Å²) in [5.74, 6) is -0.240. The maximum absolute atomic E-state index is 12.9. The molecule has 3 heterocycles. The summed E-state index contributed by atoms with van der Waals surface area (Å²) in [4.78, 5) is 41.4. The van der Waals surface area contributed by atoms with Crippen LogP contribution in [0.25, 0.3) is 10.9 Å². The average Bonchev–Trinajstić information content (AvgIpc) is 3.12. The monoisotopic (exact) mass is 352 g/mol. The fourth-order valence-electron chi connectivity index (χ4n) is 3.65. The molecule has 7 heteroatoms. The Balaban J connectivity index is 1.41. The van der Waals surface area contributed by atoms with Crippen LogP contribution in [0.5, 0.6) is 0 Å². The molecule has 26 heavy (non-hydrogen) atoms. The second-order valence-corrected chi connectivity index (χ2v) is 6.77. The average molecular weight is 352 g/mol. The minimum atomic E-state index is -0.162. The van der Waals surface area contributed by atoms with Crippen molar-refractivity contribution in [3.8, 4) is 0 Å². The lowest BCUT2D eigenvalue weighted by Crippen LogP contribution is -2.45. The van der Waals surface area contributed by atoms with Gasteiger partial charge >= 0.3 is 0 Å². The number of nitrogens with zero attached hydrogens (tertiary/aromatic N) is 2. The van der Waals surface area contributed by atoms with Crippen molar-refractivity contribution in [2.24, 2.45) is 11.0 Å². The van der Waals surface area contributed by atoms with Crippen molar-refractivity contribution in [3.63, 3.8) is 0 Å². The summed E-state index contributed by atoms with van der Waals surface area (Å²) in [5.41, 5.74) is 4.44. The smallest absolute Gasteiger partial charge is 0.270 e. The molecule has 0 saturated carbocycles. The number of hydrazone groups is 1. The van der Waals surface area contributed by atoms with Gasteiger partial charge in [0.2, 0.25) is 5.91 Å². The summed E-state index contributed by atoms with van der Waals surface area (Å²) < 4.78 is 0. The molecule has 134 valence electrons. The number of carbonyl (C=O) groups excluding carboxylic acids is 3. The Morgan fingerprint density at radius 2 is 1.88 bits per heavy atom. The maximum atomic E-state index is 12.9. The minimum absolute atomic E-state index is 0.0775. The molecule has 2 aromatic rings. The fourth-order valence-corrected chi connectivity index (χ4v) is 3.65. The number of fused-ring (bicyclic) bond motifs is 1. The number of carbonyl (C=O) groups is 3. The first-order valence-corrected chi connectivity index (χ1v) is 8.88. The van der Waals surface area contributed by atoms with E-state index in [9.17, 15) is 14.4 Å². The third-order valence-corrected chi connectivity index (χ3v) is 5.16. The topological polar surface area (TPSA) is 94.6 Å². The molecule has 0 radical (unpaired) electrons. The Kier molecular flexibility index (Phi) is 4.28. The number of ketones is 1. The van der Waals surface area contributed by atoms with E-state index in [-0.39, 0.29) is 23.5 Å². The van der Waals surface area contributed by atoms with Gasteiger partial charge in [-0.3, -0.25) is 14.4 Å². The van der Waals surface area contributed by atoms with E-state index in [4.69, 9.17) is 0 Å². The van der Waals surface area contributed by atoms with Crippen molar-refractivity contribution in [2.45, 2.75) is 25.7 Å². The van der Waals surface area contributed by atoms with Crippen LogP contribution in [-0.4, -0.2) is 46.3 Å². The predicted molar refractivity (Wildman–Crippen MR) is 96.7 cm³/mol. The molecule has 1 aromatic carbocycles. The van der Waals surface area contributed by atoms with Crippen molar-refractivity contribution in [2.75, 3.05) is 13.1 Å². The first kappa shape index (κ1) is 16.5. The third kappa shape index (κ3) is 3.00. The van der Waals surface area contributed by atoms with Crippen LogP contribution < -0.4 is 5.43 Å².